The zero-order chi connectivity index (χ0) is 17.8. The van der Waals surface area contributed by atoms with Gasteiger partial charge in [-0.05, 0) is 35.2 Å². The third-order valence-corrected chi connectivity index (χ3v) is 4.50. The number of fused-ring (bicyclic) bond motifs is 1. The van der Waals surface area contributed by atoms with E-state index in [1.54, 1.807) is 24.3 Å². The fourth-order valence-electron chi connectivity index (χ4n) is 3.15. The van der Waals surface area contributed by atoms with Crippen molar-refractivity contribution in [3.05, 3.63) is 70.8 Å². The minimum absolute atomic E-state index is 0.262. The van der Waals surface area contributed by atoms with Gasteiger partial charge in [0, 0.05) is 6.42 Å². The topological polar surface area (TPSA) is 96.9 Å². The Hall–Kier alpha value is -3.15. The second kappa shape index (κ2) is 7.17. The van der Waals surface area contributed by atoms with Gasteiger partial charge < -0.3 is 10.4 Å². The molecule has 5 nitrogen and oxygen atoms in total. The first-order valence-corrected chi connectivity index (χ1v) is 8.07. The molecule has 0 saturated carbocycles. The molecule has 124 valence electrons. The van der Waals surface area contributed by atoms with Gasteiger partial charge in [0.15, 0.2) is 0 Å². The highest BCUT2D eigenvalue weighted by molar-refractivity contribution is 5.82. The number of nitrogens with zero attached hydrogens (tertiary/aromatic N) is 2. The second-order valence-electron chi connectivity index (χ2n) is 6.15. The average molecular weight is 331 g/mol. The number of aliphatic hydroxyl groups excluding tert-OH is 1. The molecule has 25 heavy (non-hydrogen) atoms. The molecule has 0 bridgehead atoms. The smallest absolute Gasteiger partial charge is 0.238 e. The van der Waals surface area contributed by atoms with Crippen molar-refractivity contribution in [3.8, 4) is 12.1 Å². The normalized spacial score (nSPS) is 19.3. The van der Waals surface area contributed by atoms with Gasteiger partial charge in [0.1, 0.15) is 5.92 Å². The molecule has 1 amide bonds. The highest BCUT2D eigenvalue weighted by atomic mass is 16.3. The van der Waals surface area contributed by atoms with Crippen LogP contribution in [0.25, 0.3) is 0 Å². The standard InChI is InChI=1S/C20H17N3O2/c21-11-14-7-5-13(6-8-14)9-16(12-22)20(25)23-19-17-4-2-1-3-15(17)10-18(19)24/h1-8,16,18-19,24H,9-10H2,(H,23,25)/t16?,18-,19-/m1/s1. The first-order valence-electron chi connectivity index (χ1n) is 8.07. The molecule has 1 unspecified atom stereocenters. The number of amides is 1. The Balaban J connectivity index is 1.71. The predicted molar refractivity (Wildman–Crippen MR) is 91.0 cm³/mol. The second-order valence-corrected chi connectivity index (χ2v) is 6.15. The quantitative estimate of drug-likeness (QED) is 0.895. The van der Waals surface area contributed by atoms with Gasteiger partial charge in [-0.1, -0.05) is 36.4 Å². The number of nitriles is 2. The maximum absolute atomic E-state index is 12.5. The number of carbonyl (C=O) groups excluding carboxylic acids is 1. The molecule has 0 aliphatic heterocycles. The largest absolute Gasteiger partial charge is 0.390 e. The van der Waals surface area contributed by atoms with Crippen LogP contribution in [-0.2, 0) is 17.6 Å². The van der Waals surface area contributed by atoms with Crippen LogP contribution in [0.1, 0.15) is 28.3 Å². The number of hydrogen-bond acceptors (Lipinski definition) is 4. The third kappa shape index (κ3) is 3.52. The highest BCUT2D eigenvalue weighted by Gasteiger charge is 2.33. The van der Waals surface area contributed by atoms with Crippen LogP contribution in [0.15, 0.2) is 48.5 Å². The Morgan fingerprint density at radius 3 is 2.60 bits per heavy atom. The Bertz CT molecular complexity index is 862. The fourth-order valence-corrected chi connectivity index (χ4v) is 3.15. The van der Waals surface area contributed by atoms with E-state index in [1.165, 1.54) is 0 Å². The summed E-state index contributed by atoms with van der Waals surface area (Å²) in [6.07, 6.45) is 0.0718. The Kier molecular flexibility index (Phi) is 4.79. The molecular weight excluding hydrogens is 314 g/mol. The van der Waals surface area contributed by atoms with Crippen molar-refractivity contribution >= 4 is 5.91 Å². The fraction of sp³-hybridized carbons (Fsp3) is 0.250. The molecule has 1 aliphatic carbocycles. The molecule has 5 heteroatoms. The van der Waals surface area contributed by atoms with Crippen LogP contribution in [0.4, 0.5) is 0 Å². The molecule has 0 aromatic heterocycles. The van der Waals surface area contributed by atoms with Gasteiger partial charge in [-0.25, -0.2) is 0 Å². The van der Waals surface area contributed by atoms with Crippen LogP contribution >= 0.6 is 0 Å². The summed E-state index contributed by atoms with van der Waals surface area (Å²) in [5.74, 6) is -1.25. The van der Waals surface area contributed by atoms with E-state index in [9.17, 15) is 15.2 Å². The van der Waals surface area contributed by atoms with Crippen molar-refractivity contribution in [1.82, 2.24) is 5.32 Å². The number of nitrogens with one attached hydrogen (secondary N) is 1. The van der Waals surface area contributed by atoms with Gasteiger partial charge in [-0.2, -0.15) is 10.5 Å². The Labute approximate surface area is 146 Å². The zero-order valence-electron chi connectivity index (χ0n) is 13.5. The molecule has 0 heterocycles. The highest BCUT2D eigenvalue weighted by Crippen LogP contribution is 2.31. The molecule has 0 radical (unpaired) electrons. The molecule has 1 aliphatic rings. The van der Waals surface area contributed by atoms with Crippen LogP contribution in [0.5, 0.6) is 0 Å². The van der Waals surface area contributed by atoms with Crippen molar-refractivity contribution in [1.29, 1.82) is 10.5 Å². The lowest BCUT2D eigenvalue weighted by Gasteiger charge is -2.20. The summed E-state index contributed by atoms with van der Waals surface area (Å²) in [5, 5.41) is 31.2. The minimum atomic E-state index is -0.854. The van der Waals surface area contributed by atoms with Gasteiger partial charge >= 0.3 is 0 Å². The summed E-state index contributed by atoms with van der Waals surface area (Å²) in [6, 6.07) is 18.0. The SMILES string of the molecule is N#Cc1ccc(CC(C#N)C(=O)N[C@@H]2c3ccccc3C[C@H]2O)cc1. The van der Waals surface area contributed by atoms with Gasteiger partial charge in [0.05, 0.1) is 29.8 Å². The number of benzene rings is 2. The maximum atomic E-state index is 12.5. The zero-order valence-corrected chi connectivity index (χ0v) is 13.5. The molecule has 2 aromatic rings. The van der Waals surface area contributed by atoms with E-state index in [0.717, 1.165) is 16.7 Å². The van der Waals surface area contributed by atoms with E-state index in [-0.39, 0.29) is 6.42 Å². The predicted octanol–water partition coefficient (Wildman–Crippen LogP) is 2.02. The van der Waals surface area contributed by atoms with Crippen molar-refractivity contribution in [2.75, 3.05) is 0 Å². The van der Waals surface area contributed by atoms with E-state index in [4.69, 9.17) is 5.26 Å². The lowest BCUT2D eigenvalue weighted by molar-refractivity contribution is -0.124. The number of rotatable bonds is 4. The summed E-state index contributed by atoms with van der Waals surface area (Å²) in [4.78, 5) is 12.5. The summed E-state index contributed by atoms with van der Waals surface area (Å²) in [7, 11) is 0. The van der Waals surface area contributed by atoms with Gasteiger partial charge in [-0.15, -0.1) is 0 Å². The molecule has 3 atom stereocenters. The number of aliphatic hydroxyl groups is 1. The van der Waals surface area contributed by atoms with Crippen LogP contribution in [0.2, 0.25) is 0 Å². The molecule has 3 rings (SSSR count). The first-order chi connectivity index (χ1) is 12.1. The lowest BCUT2D eigenvalue weighted by atomic mass is 9.98. The van der Waals surface area contributed by atoms with E-state index in [0.29, 0.717) is 12.0 Å². The van der Waals surface area contributed by atoms with Crippen molar-refractivity contribution in [2.24, 2.45) is 5.92 Å². The summed E-state index contributed by atoms with van der Waals surface area (Å²) in [6.45, 7) is 0. The van der Waals surface area contributed by atoms with Crippen LogP contribution in [-0.4, -0.2) is 17.1 Å². The average Bonchev–Trinajstić information content (AvgIpc) is 2.95. The van der Waals surface area contributed by atoms with Gasteiger partial charge in [-0.3, -0.25) is 4.79 Å². The Morgan fingerprint density at radius 1 is 1.20 bits per heavy atom. The summed E-state index contributed by atoms with van der Waals surface area (Å²) < 4.78 is 0. The van der Waals surface area contributed by atoms with E-state index in [2.05, 4.69) is 5.32 Å². The molecule has 0 spiro atoms. The molecule has 0 saturated heterocycles. The molecule has 2 aromatic carbocycles. The molecular formula is C20H17N3O2. The van der Waals surface area contributed by atoms with Crippen LogP contribution < -0.4 is 5.32 Å². The monoisotopic (exact) mass is 331 g/mol. The minimum Gasteiger partial charge on any atom is -0.390 e. The van der Waals surface area contributed by atoms with E-state index in [1.807, 2.05) is 36.4 Å². The summed E-state index contributed by atoms with van der Waals surface area (Å²) >= 11 is 0. The van der Waals surface area contributed by atoms with Crippen molar-refractivity contribution in [2.45, 2.75) is 25.0 Å². The molecule has 2 N–H and O–H groups in total. The number of hydrogen-bond donors (Lipinski definition) is 2. The van der Waals surface area contributed by atoms with Crippen molar-refractivity contribution < 1.29 is 9.90 Å². The maximum Gasteiger partial charge on any atom is 0.238 e. The van der Waals surface area contributed by atoms with Crippen LogP contribution in [0.3, 0.4) is 0 Å². The van der Waals surface area contributed by atoms with E-state index >= 15 is 0 Å². The number of carbonyl (C=O) groups is 1. The third-order valence-electron chi connectivity index (χ3n) is 4.50. The Morgan fingerprint density at radius 2 is 1.92 bits per heavy atom. The first kappa shape index (κ1) is 16.7. The van der Waals surface area contributed by atoms with Crippen molar-refractivity contribution in [3.63, 3.8) is 0 Å². The van der Waals surface area contributed by atoms with Crippen LogP contribution in [0, 0.1) is 28.6 Å². The van der Waals surface area contributed by atoms with Gasteiger partial charge in [0.25, 0.3) is 0 Å². The van der Waals surface area contributed by atoms with Gasteiger partial charge in [0.2, 0.25) is 5.91 Å². The molecule has 0 fully saturated rings. The lowest BCUT2D eigenvalue weighted by Crippen LogP contribution is -2.38. The summed E-state index contributed by atoms with van der Waals surface area (Å²) in [5.41, 5.74) is 3.26. The van der Waals surface area contributed by atoms with E-state index < -0.39 is 24.0 Å².